The topological polar surface area (TPSA) is 55.2 Å². The second-order valence-electron chi connectivity index (χ2n) is 5.06. The van der Waals surface area contributed by atoms with Gasteiger partial charge in [-0.25, -0.2) is 4.68 Å². The first-order valence-electron chi connectivity index (χ1n) is 6.98. The lowest BCUT2D eigenvalue weighted by molar-refractivity contribution is 0.0639. The molecular formula is C14H21N3O2. The highest BCUT2D eigenvalue weighted by Gasteiger charge is 2.25. The van der Waals surface area contributed by atoms with Gasteiger partial charge in [0.05, 0.1) is 0 Å². The molecule has 1 aliphatic rings. The minimum Gasteiger partial charge on any atom is -0.335 e. The van der Waals surface area contributed by atoms with Crippen molar-refractivity contribution in [3.63, 3.8) is 0 Å². The van der Waals surface area contributed by atoms with Crippen LogP contribution in [0.3, 0.4) is 0 Å². The van der Waals surface area contributed by atoms with Crippen LogP contribution >= 0.6 is 0 Å². The summed E-state index contributed by atoms with van der Waals surface area (Å²) < 4.78 is 1.21. The van der Waals surface area contributed by atoms with Crippen molar-refractivity contribution in [3.05, 3.63) is 28.2 Å². The van der Waals surface area contributed by atoms with Gasteiger partial charge in [0.2, 0.25) is 0 Å². The molecule has 1 saturated carbocycles. The molecule has 104 valence electrons. The fraction of sp³-hybridized carbons (Fsp3) is 0.643. The van der Waals surface area contributed by atoms with Crippen molar-refractivity contribution >= 4 is 5.91 Å². The van der Waals surface area contributed by atoms with Crippen LogP contribution < -0.4 is 5.56 Å². The van der Waals surface area contributed by atoms with E-state index in [-0.39, 0.29) is 11.5 Å². The Morgan fingerprint density at radius 1 is 1.37 bits per heavy atom. The zero-order valence-corrected chi connectivity index (χ0v) is 11.6. The van der Waals surface area contributed by atoms with Crippen LogP contribution in [0.1, 0.15) is 49.5 Å². The molecule has 1 aromatic rings. The van der Waals surface area contributed by atoms with Crippen LogP contribution in [-0.4, -0.2) is 33.2 Å². The van der Waals surface area contributed by atoms with E-state index in [4.69, 9.17) is 0 Å². The lowest BCUT2D eigenvalue weighted by atomic mass is 9.94. The molecule has 0 saturated heterocycles. The van der Waals surface area contributed by atoms with Gasteiger partial charge in [-0.3, -0.25) is 9.59 Å². The maximum atomic E-state index is 12.5. The zero-order chi connectivity index (χ0) is 13.8. The Labute approximate surface area is 113 Å². The molecular weight excluding hydrogens is 242 g/mol. The molecule has 1 aromatic heterocycles. The summed E-state index contributed by atoms with van der Waals surface area (Å²) in [5, 5.41) is 4.05. The minimum absolute atomic E-state index is 0.0648. The van der Waals surface area contributed by atoms with Crippen molar-refractivity contribution in [2.24, 2.45) is 7.05 Å². The fourth-order valence-electron chi connectivity index (χ4n) is 2.72. The van der Waals surface area contributed by atoms with E-state index < -0.39 is 0 Å². The maximum Gasteiger partial charge on any atom is 0.274 e. The molecule has 0 spiro atoms. The molecule has 0 bridgehead atoms. The Morgan fingerprint density at radius 3 is 2.63 bits per heavy atom. The highest BCUT2D eigenvalue weighted by molar-refractivity contribution is 5.92. The van der Waals surface area contributed by atoms with Crippen molar-refractivity contribution in [1.29, 1.82) is 0 Å². The van der Waals surface area contributed by atoms with Crippen LogP contribution in [0, 0.1) is 0 Å². The van der Waals surface area contributed by atoms with Crippen LogP contribution in [0.5, 0.6) is 0 Å². The lowest BCUT2D eigenvalue weighted by Gasteiger charge is -2.33. The molecule has 5 nitrogen and oxygen atoms in total. The van der Waals surface area contributed by atoms with E-state index in [1.165, 1.54) is 36.1 Å². The molecule has 5 heteroatoms. The lowest BCUT2D eigenvalue weighted by Crippen LogP contribution is -2.42. The summed E-state index contributed by atoms with van der Waals surface area (Å²) >= 11 is 0. The first-order valence-corrected chi connectivity index (χ1v) is 6.98. The highest BCUT2D eigenvalue weighted by atomic mass is 16.2. The summed E-state index contributed by atoms with van der Waals surface area (Å²) in [5.41, 5.74) is 0.159. The molecule has 1 amide bonds. The molecule has 0 aliphatic heterocycles. The average Bonchev–Trinajstić information content (AvgIpc) is 2.44. The van der Waals surface area contributed by atoms with Gasteiger partial charge in [0.1, 0.15) is 5.69 Å². The van der Waals surface area contributed by atoms with E-state index in [1.54, 1.807) is 7.05 Å². The molecule has 1 aliphatic carbocycles. The molecule has 0 unspecified atom stereocenters. The number of carbonyl (C=O) groups excluding carboxylic acids is 1. The quantitative estimate of drug-likeness (QED) is 0.832. The van der Waals surface area contributed by atoms with Crippen molar-refractivity contribution in [2.75, 3.05) is 6.54 Å². The fourth-order valence-corrected chi connectivity index (χ4v) is 2.72. The van der Waals surface area contributed by atoms with Crippen molar-refractivity contribution in [1.82, 2.24) is 14.7 Å². The molecule has 0 aromatic carbocycles. The molecule has 1 fully saturated rings. The summed E-state index contributed by atoms with van der Waals surface area (Å²) in [6, 6.07) is 3.25. The molecule has 0 atom stereocenters. The first-order chi connectivity index (χ1) is 9.13. The van der Waals surface area contributed by atoms with E-state index >= 15 is 0 Å². The Bertz CT molecular complexity index is 504. The van der Waals surface area contributed by atoms with Gasteiger partial charge in [0, 0.05) is 25.7 Å². The van der Waals surface area contributed by atoms with Gasteiger partial charge in [-0.1, -0.05) is 19.3 Å². The van der Waals surface area contributed by atoms with Crippen LogP contribution in [0.4, 0.5) is 0 Å². The van der Waals surface area contributed by atoms with E-state index in [9.17, 15) is 9.59 Å². The Hall–Kier alpha value is -1.65. The number of carbonyl (C=O) groups is 1. The van der Waals surface area contributed by atoms with Crippen LogP contribution in [0.25, 0.3) is 0 Å². The SMILES string of the molecule is CCN(C(=O)c1ccc(=O)n(C)n1)C1CCCCC1. The first kappa shape index (κ1) is 13.8. The number of rotatable bonds is 3. The van der Waals surface area contributed by atoms with Crippen LogP contribution in [-0.2, 0) is 7.05 Å². The van der Waals surface area contributed by atoms with Gasteiger partial charge >= 0.3 is 0 Å². The predicted molar refractivity (Wildman–Crippen MR) is 73.1 cm³/mol. The number of amides is 1. The third-order valence-corrected chi connectivity index (χ3v) is 3.80. The molecule has 0 radical (unpaired) electrons. The normalized spacial score (nSPS) is 16.3. The Kier molecular flexibility index (Phi) is 4.35. The summed E-state index contributed by atoms with van der Waals surface area (Å²) in [4.78, 5) is 25.7. The second-order valence-corrected chi connectivity index (χ2v) is 5.06. The van der Waals surface area contributed by atoms with E-state index in [0.717, 1.165) is 12.8 Å². The monoisotopic (exact) mass is 263 g/mol. The number of hydrogen-bond donors (Lipinski definition) is 0. The highest BCUT2D eigenvalue weighted by Crippen LogP contribution is 2.23. The summed E-state index contributed by atoms with van der Waals surface area (Å²) in [6.07, 6.45) is 5.79. The molecule has 2 rings (SSSR count). The number of aromatic nitrogens is 2. The molecule has 19 heavy (non-hydrogen) atoms. The van der Waals surface area contributed by atoms with Gasteiger partial charge < -0.3 is 4.90 Å². The smallest absolute Gasteiger partial charge is 0.274 e. The van der Waals surface area contributed by atoms with Gasteiger partial charge in [-0.05, 0) is 25.8 Å². The molecule has 0 N–H and O–H groups in total. The zero-order valence-electron chi connectivity index (χ0n) is 11.6. The number of hydrogen-bond acceptors (Lipinski definition) is 3. The van der Waals surface area contributed by atoms with Crippen LogP contribution in [0.2, 0.25) is 0 Å². The standard InChI is InChI=1S/C14H21N3O2/c1-3-17(11-7-5-4-6-8-11)14(19)12-9-10-13(18)16(2)15-12/h9-11H,3-8H2,1-2H3. The maximum absolute atomic E-state index is 12.5. The minimum atomic E-state index is -0.197. The average molecular weight is 263 g/mol. The van der Waals surface area contributed by atoms with E-state index in [2.05, 4.69) is 5.10 Å². The third-order valence-electron chi connectivity index (χ3n) is 3.80. The van der Waals surface area contributed by atoms with Crippen LogP contribution in [0.15, 0.2) is 16.9 Å². The third kappa shape index (κ3) is 3.03. The summed E-state index contributed by atoms with van der Waals surface area (Å²) in [7, 11) is 1.57. The largest absolute Gasteiger partial charge is 0.335 e. The van der Waals surface area contributed by atoms with Gasteiger partial charge in [0.25, 0.3) is 11.5 Å². The van der Waals surface area contributed by atoms with E-state index in [0.29, 0.717) is 18.3 Å². The number of aryl methyl sites for hydroxylation is 1. The van der Waals surface area contributed by atoms with Gasteiger partial charge in [-0.2, -0.15) is 5.10 Å². The number of nitrogens with zero attached hydrogens (tertiary/aromatic N) is 3. The van der Waals surface area contributed by atoms with E-state index in [1.807, 2.05) is 11.8 Å². The summed E-state index contributed by atoms with van der Waals surface area (Å²) in [5.74, 6) is -0.0648. The molecule has 1 heterocycles. The second kappa shape index (κ2) is 5.99. The van der Waals surface area contributed by atoms with Crippen molar-refractivity contribution in [3.8, 4) is 0 Å². The van der Waals surface area contributed by atoms with Crippen molar-refractivity contribution < 1.29 is 4.79 Å². The Morgan fingerprint density at radius 2 is 2.05 bits per heavy atom. The van der Waals surface area contributed by atoms with Crippen molar-refractivity contribution in [2.45, 2.75) is 45.1 Å². The predicted octanol–water partition coefficient (Wildman–Crippen LogP) is 1.58. The van der Waals surface area contributed by atoms with Gasteiger partial charge in [-0.15, -0.1) is 0 Å². The Balaban J connectivity index is 2.19. The summed E-state index contributed by atoms with van der Waals surface area (Å²) in [6.45, 7) is 2.68. The van der Waals surface area contributed by atoms with Gasteiger partial charge in [0.15, 0.2) is 0 Å².